The van der Waals surface area contributed by atoms with E-state index in [9.17, 15) is 87.6 Å². The molecule has 3 unspecified atom stereocenters. The Morgan fingerprint density at radius 2 is 0.724 bits per heavy atom. The van der Waals surface area contributed by atoms with Crippen molar-refractivity contribution in [2.45, 2.75) is 47.0 Å². The lowest BCUT2D eigenvalue weighted by Crippen LogP contribution is -2.84. The molecule has 0 radical (unpaired) electrons. The van der Waals surface area contributed by atoms with Crippen molar-refractivity contribution in [2.24, 2.45) is 0 Å². The van der Waals surface area contributed by atoms with Crippen LogP contribution in [-0.2, 0) is 10.1 Å². The minimum absolute atomic E-state index is 8.32. The summed E-state index contributed by atoms with van der Waals surface area (Å²) in [6.07, 6.45) is -34.3. The topological polar surface area (TPSA) is 57.2 Å². The number of halogens is 17. The molecule has 0 N–H and O–H groups in total. The van der Waals surface area contributed by atoms with E-state index < -0.39 is 57.1 Å². The molecular weight excluding hydrogens is 499 g/mol. The number of hydrogen-bond donors (Lipinski definition) is 0. The van der Waals surface area contributed by atoms with Gasteiger partial charge in [-0.15, -0.1) is 0 Å². The highest BCUT2D eigenvalue weighted by Crippen LogP contribution is 2.68. The van der Waals surface area contributed by atoms with Crippen LogP contribution in [0.2, 0.25) is 0 Å². The summed E-state index contributed by atoms with van der Waals surface area (Å²) >= 11 is 0. The van der Waals surface area contributed by atoms with E-state index in [1.165, 1.54) is 0 Å². The van der Waals surface area contributed by atoms with Crippen LogP contribution in [0.25, 0.3) is 0 Å². The molecule has 0 bridgehead atoms. The molecule has 0 saturated carbocycles. The van der Waals surface area contributed by atoms with Crippen molar-refractivity contribution >= 4 is 10.1 Å². The fourth-order valence-electron chi connectivity index (χ4n) is 1.89. The molecule has 0 aromatic rings. The molecule has 0 aromatic heterocycles. The maximum absolute atomic E-state index is 14.0. The zero-order valence-corrected chi connectivity index (χ0v) is 12.9. The first-order valence-electron chi connectivity index (χ1n) is 5.67. The quantitative estimate of drug-likeness (QED) is 0.423. The molecular formula is C8F17O3S-. The second-order valence-corrected chi connectivity index (χ2v) is 6.40. The number of alkyl halides is 17. The Bertz CT molecular complexity index is 728. The highest BCUT2D eigenvalue weighted by Gasteiger charge is 3.01. The fraction of sp³-hybridized carbons (Fsp3) is 1.00. The Hall–Kier alpha value is -1.28. The van der Waals surface area contributed by atoms with E-state index in [1.807, 2.05) is 0 Å². The van der Waals surface area contributed by atoms with Crippen LogP contribution in [-0.4, -0.2) is 59.9 Å². The fourth-order valence-corrected chi connectivity index (χ4v) is 2.78. The lowest BCUT2D eigenvalue weighted by Gasteiger charge is -2.50. The van der Waals surface area contributed by atoms with Gasteiger partial charge < -0.3 is 4.55 Å². The normalized spacial score (nSPS) is 21.9. The Morgan fingerprint density at radius 3 is 0.862 bits per heavy atom. The van der Waals surface area contributed by atoms with Gasteiger partial charge >= 0.3 is 47.0 Å². The second kappa shape index (κ2) is 6.36. The average Bonchev–Trinajstić information content (AvgIpc) is 2.37. The summed E-state index contributed by atoms with van der Waals surface area (Å²) in [6.45, 7) is 0. The van der Waals surface area contributed by atoms with Crippen LogP contribution in [0.5, 0.6) is 0 Å². The van der Waals surface area contributed by atoms with Crippen LogP contribution in [0, 0.1) is 0 Å². The van der Waals surface area contributed by atoms with E-state index in [0.29, 0.717) is 0 Å². The van der Waals surface area contributed by atoms with Gasteiger partial charge in [-0.05, 0) is 0 Å². The van der Waals surface area contributed by atoms with Crippen molar-refractivity contribution in [2.75, 3.05) is 0 Å². The summed E-state index contributed by atoms with van der Waals surface area (Å²) in [5, 5.41) is -8.87. The maximum Gasteiger partial charge on any atom is 0.457 e. The SMILES string of the molecule is O=S(=O)([O-])C(F)(C(F)(F)F)C(F)(C(F)(F)F)C(F)(C(F)(F)F)C(F)(F)C(F)(F)F. The third kappa shape index (κ3) is 3.26. The number of rotatable bonds is 4. The third-order valence-electron chi connectivity index (χ3n) is 3.20. The molecule has 29 heavy (non-hydrogen) atoms. The minimum Gasteiger partial charge on any atom is -0.745 e. The van der Waals surface area contributed by atoms with E-state index >= 15 is 0 Å². The highest BCUT2D eigenvalue weighted by molar-refractivity contribution is 7.87. The van der Waals surface area contributed by atoms with Gasteiger partial charge in [0.15, 0.2) is 0 Å². The van der Waals surface area contributed by atoms with E-state index in [-0.39, 0.29) is 0 Å². The monoisotopic (exact) mass is 499 g/mol. The molecule has 21 heteroatoms. The minimum atomic E-state index is -9.41. The Labute approximate surface area is 146 Å². The smallest absolute Gasteiger partial charge is 0.457 e. The lowest BCUT2D eigenvalue weighted by molar-refractivity contribution is -0.456. The van der Waals surface area contributed by atoms with Crippen LogP contribution in [0.1, 0.15) is 0 Å². The molecule has 0 aliphatic heterocycles. The van der Waals surface area contributed by atoms with Crippen molar-refractivity contribution in [3.63, 3.8) is 0 Å². The summed E-state index contributed by atoms with van der Waals surface area (Å²) in [6, 6.07) is 0. The molecule has 0 fully saturated rings. The summed E-state index contributed by atoms with van der Waals surface area (Å²) < 4.78 is 248. The molecule has 0 heterocycles. The number of hydrogen-bond acceptors (Lipinski definition) is 3. The van der Waals surface area contributed by atoms with E-state index in [4.69, 9.17) is 0 Å². The van der Waals surface area contributed by atoms with E-state index in [2.05, 4.69) is 0 Å². The zero-order valence-electron chi connectivity index (χ0n) is 12.1. The van der Waals surface area contributed by atoms with Crippen LogP contribution in [0.3, 0.4) is 0 Å². The molecule has 0 saturated heterocycles. The first-order valence-corrected chi connectivity index (χ1v) is 7.08. The van der Waals surface area contributed by atoms with Crippen molar-refractivity contribution < 1.29 is 87.6 Å². The third-order valence-corrected chi connectivity index (χ3v) is 4.40. The summed E-state index contributed by atoms with van der Waals surface area (Å²) in [5.74, 6) is -8.92. The maximum atomic E-state index is 14.0. The summed E-state index contributed by atoms with van der Waals surface area (Å²) in [4.78, 5) is 0. The van der Waals surface area contributed by atoms with E-state index in [0.717, 1.165) is 0 Å². The lowest BCUT2D eigenvalue weighted by atomic mass is 9.75. The van der Waals surface area contributed by atoms with Gasteiger partial charge in [-0.3, -0.25) is 0 Å². The largest absolute Gasteiger partial charge is 0.745 e. The highest BCUT2D eigenvalue weighted by atomic mass is 32.2. The standard InChI is InChI=1S/C8HF17O3S/c9-1(5(14,15)16,3(11,12)7(20,21)22)2(10,6(17,18)19)4(13,8(23,24)25)29(26,27)28/h(H,26,27,28)/p-1. The molecule has 3 nitrogen and oxygen atoms in total. The van der Waals surface area contributed by atoms with Crippen molar-refractivity contribution in [3.8, 4) is 0 Å². The predicted octanol–water partition coefficient (Wildman–Crippen LogP) is 4.50. The van der Waals surface area contributed by atoms with Crippen LogP contribution < -0.4 is 0 Å². The zero-order chi connectivity index (χ0) is 24.5. The van der Waals surface area contributed by atoms with Gasteiger partial charge in [0.2, 0.25) is 0 Å². The van der Waals surface area contributed by atoms with Gasteiger partial charge in [0.25, 0.3) is 0 Å². The molecule has 0 amide bonds. The Kier molecular flexibility index (Phi) is 6.08. The summed E-state index contributed by atoms with van der Waals surface area (Å²) in [5.41, 5.74) is -18.8. The van der Waals surface area contributed by atoms with Gasteiger partial charge in [-0.1, -0.05) is 0 Å². The molecule has 3 atom stereocenters. The Morgan fingerprint density at radius 1 is 0.448 bits per heavy atom. The molecule has 0 rings (SSSR count). The van der Waals surface area contributed by atoms with Crippen molar-refractivity contribution in [1.82, 2.24) is 0 Å². The van der Waals surface area contributed by atoms with Gasteiger partial charge in [0.1, 0.15) is 10.1 Å². The van der Waals surface area contributed by atoms with Gasteiger partial charge in [0, 0.05) is 0 Å². The Balaban J connectivity index is 8.15. The van der Waals surface area contributed by atoms with E-state index in [1.54, 1.807) is 0 Å². The molecule has 176 valence electrons. The van der Waals surface area contributed by atoms with Crippen molar-refractivity contribution in [1.29, 1.82) is 0 Å². The average molecular weight is 499 g/mol. The van der Waals surface area contributed by atoms with Crippen LogP contribution >= 0.6 is 0 Å². The van der Waals surface area contributed by atoms with Crippen molar-refractivity contribution in [3.05, 3.63) is 0 Å². The first-order chi connectivity index (χ1) is 12.0. The second-order valence-electron chi connectivity index (χ2n) is 4.93. The van der Waals surface area contributed by atoms with Gasteiger partial charge in [-0.2, -0.15) is 61.5 Å². The van der Waals surface area contributed by atoms with Crippen LogP contribution in [0.15, 0.2) is 0 Å². The predicted molar refractivity (Wildman–Crippen MR) is 50.4 cm³/mol. The summed E-state index contributed by atoms with van der Waals surface area (Å²) in [7, 11) is -8.99. The first kappa shape index (κ1) is 27.7. The van der Waals surface area contributed by atoms with Crippen LogP contribution in [0.4, 0.5) is 74.6 Å². The molecule has 0 spiro atoms. The molecule has 0 aliphatic rings. The molecule has 0 aromatic carbocycles. The van der Waals surface area contributed by atoms with Gasteiger partial charge in [-0.25, -0.2) is 21.6 Å². The molecule has 0 aliphatic carbocycles. The van der Waals surface area contributed by atoms with Gasteiger partial charge in [0.05, 0.1) is 0 Å².